The molecule has 0 aromatic heterocycles. The van der Waals surface area contributed by atoms with E-state index in [9.17, 15) is 14.0 Å². The molecule has 6 heteroatoms. The van der Waals surface area contributed by atoms with Crippen molar-refractivity contribution in [2.75, 3.05) is 13.1 Å². The van der Waals surface area contributed by atoms with E-state index in [1.807, 2.05) is 0 Å². The lowest BCUT2D eigenvalue weighted by atomic mass is 9.91. The van der Waals surface area contributed by atoms with Crippen molar-refractivity contribution < 1.29 is 18.7 Å². The summed E-state index contributed by atoms with van der Waals surface area (Å²) in [6.45, 7) is 1.43. The predicted octanol–water partition coefficient (Wildman–Crippen LogP) is 1.43. The van der Waals surface area contributed by atoms with Gasteiger partial charge in [0.15, 0.2) is 5.60 Å². The van der Waals surface area contributed by atoms with Crippen molar-refractivity contribution in [3.63, 3.8) is 0 Å². The van der Waals surface area contributed by atoms with E-state index in [2.05, 4.69) is 5.32 Å². The Morgan fingerprint density at radius 1 is 1.20 bits per heavy atom. The number of hydrogen-bond acceptors (Lipinski definition) is 4. The fourth-order valence-corrected chi connectivity index (χ4v) is 2.65. The molecule has 2 saturated heterocycles. The zero-order chi connectivity index (χ0) is 14.2. The molecule has 0 saturated carbocycles. The fourth-order valence-electron chi connectivity index (χ4n) is 2.65. The summed E-state index contributed by atoms with van der Waals surface area (Å²) < 4.78 is 18.2. The van der Waals surface area contributed by atoms with E-state index < -0.39 is 11.7 Å². The van der Waals surface area contributed by atoms with Gasteiger partial charge >= 0.3 is 6.09 Å². The Hall–Kier alpha value is -1.95. The molecule has 1 N–H and O–H groups in total. The number of imide groups is 1. The first-order valence-corrected chi connectivity index (χ1v) is 6.61. The third-order valence-electron chi connectivity index (χ3n) is 3.80. The Balaban J connectivity index is 1.78. The van der Waals surface area contributed by atoms with Crippen molar-refractivity contribution in [3.8, 4) is 0 Å². The largest absolute Gasteiger partial charge is 0.432 e. The van der Waals surface area contributed by atoms with Crippen LogP contribution in [0.15, 0.2) is 24.3 Å². The maximum atomic E-state index is 12.9. The summed E-state index contributed by atoms with van der Waals surface area (Å²) in [4.78, 5) is 25.5. The quantitative estimate of drug-likeness (QED) is 0.889. The van der Waals surface area contributed by atoms with Crippen LogP contribution in [0.2, 0.25) is 0 Å². The van der Waals surface area contributed by atoms with Crippen LogP contribution in [0.3, 0.4) is 0 Å². The number of nitrogens with zero attached hydrogens (tertiary/aromatic N) is 1. The van der Waals surface area contributed by atoms with E-state index in [1.54, 1.807) is 12.1 Å². The number of carbonyl (C=O) groups excluding carboxylic acids is 2. The molecule has 1 aromatic carbocycles. The zero-order valence-corrected chi connectivity index (χ0v) is 10.9. The second-order valence-corrected chi connectivity index (χ2v) is 5.13. The van der Waals surface area contributed by atoms with Crippen molar-refractivity contribution >= 4 is 12.0 Å². The van der Waals surface area contributed by atoms with E-state index in [1.165, 1.54) is 12.1 Å². The number of ether oxygens (including phenoxy) is 1. The van der Waals surface area contributed by atoms with Crippen molar-refractivity contribution in [1.29, 1.82) is 0 Å². The number of piperidine rings is 1. The summed E-state index contributed by atoms with van der Waals surface area (Å²) in [6.07, 6.45) is 0.385. The van der Waals surface area contributed by atoms with E-state index >= 15 is 0 Å². The lowest BCUT2D eigenvalue weighted by Gasteiger charge is -2.29. The number of carbonyl (C=O) groups is 2. The molecule has 2 aliphatic heterocycles. The van der Waals surface area contributed by atoms with E-state index in [-0.39, 0.29) is 18.3 Å². The minimum absolute atomic E-state index is 0.118. The number of amides is 2. The highest BCUT2D eigenvalue weighted by Crippen LogP contribution is 2.33. The monoisotopic (exact) mass is 278 g/mol. The van der Waals surface area contributed by atoms with Crippen molar-refractivity contribution in [3.05, 3.63) is 35.6 Å². The minimum atomic E-state index is -0.998. The van der Waals surface area contributed by atoms with Gasteiger partial charge in [-0.05, 0) is 30.8 Å². The lowest BCUT2D eigenvalue weighted by molar-refractivity contribution is -0.139. The minimum Gasteiger partial charge on any atom is -0.432 e. The highest BCUT2D eigenvalue weighted by molar-refractivity contribution is 6.02. The topological polar surface area (TPSA) is 58.6 Å². The van der Waals surface area contributed by atoms with Crippen LogP contribution < -0.4 is 5.32 Å². The van der Waals surface area contributed by atoms with Gasteiger partial charge in [0.2, 0.25) is 0 Å². The molecule has 0 aliphatic carbocycles. The second-order valence-electron chi connectivity index (χ2n) is 5.13. The van der Waals surface area contributed by atoms with Crippen LogP contribution in [-0.2, 0) is 16.1 Å². The smallest absolute Gasteiger partial charge is 0.418 e. The van der Waals surface area contributed by atoms with Gasteiger partial charge in [0.25, 0.3) is 5.91 Å². The summed E-state index contributed by atoms with van der Waals surface area (Å²) in [7, 11) is 0. The van der Waals surface area contributed by atoms with Gasteiger partial charge in [0.1, 0.15) is 5.82 Å². The average Bonchev–Trinajstić information content (AvgIpc) is 2.67. The lowest BCUT2D eigenvalue weighted by Crippen LogP contribution is -2.48. The molecule has 2 fully saturated rings. The molecule has 2 amide bonds. The van der Waals surface area contributed by atoms with Crippen molar-refractivity contribution in [1.82, 2.24) is 10.2 Å². The zero-order valence-electron chi connectivity index (χ0n) is 10.9. The number of hydrogen-bond donors (Lipinski definition) is 1. The van der Waals surface area contributed by atoms with Crippen LogP contribution in [0.4, 0.5) is 9.18 Å². The van der Waals surface area contributed by atoms with Crippen LogP contribution in [-0.4, -0.2) is 35.6 Å². The molecule has 2 aliphatic rings. The fraction of sp³-hybridized carbons (Fsp3) is 0.429. The summed E-state index contributed by atoms with van der Waals surface area (Å²) >= 11 is 0. The normalized spacial score (nSPS) is 21.4. The molecule has 0 bridgehead atoms. The van der Waals surface area contributed by atoms with E-state index in [0.717, 1.165) is 4.90 Å². The van der Waals surface area contributed by atoms with Crippen LogP contribution >= 0.6 is 0 Å². The standard InChI is InChI=1S/C14H15FN2O3/c15-11-3-1-10(2-4-11)9-17-12(18)14(20-13(17)19)5-7-16-8-6-14/h1-4,16H,5-9H2. The van der Waals surface area contributed by atoms with Crippen LogP contribution in [0.5, 0.6) is 0 Å². The maximum absolute atomic E-state index is 12.9. The Labute approximate surface area is 115 Å². The van der Waals surface area contributed by atoms with Crippen LogP contribution in [0, 0.1) is 5.82 Å². The first kappa shape index (κ1) is 13.1. The molecule has 3 rings (SSSR count). The van der Waals surface area contributed by atoms with Gasteiger partial charge in [-0.1, -0.05) is 12.1 Å². The van der Waals surface area contributed by atoms with Crippen LogP contribution in [0.1, 0.15) is 18.4 Å². The Morgan fingerprint density at radius 3 is 2.50 bits per heavy atom. The van der Waals surface area contributed by atoms with Gasteiger partial charge in [-0.25, -0.2) is 14.1 Å². The number of rotatable bonds is 2. The summed E-state index contributed by atoms with van der Waals surface area (Å²) in [5, 5.41) is 3.14. The molecule has 1 spiro atoms. The van der Waals surface area contributed by atoms with Gasteiger partial charge in [-0.15, -0.1) is 0 Å². The summed E-state index contributed by atoms with van der Waals surface area (Å²) in [5.74, 6) is -0.632. The third-order valence-corrected chi connectivity index (χ3v) is 3.80. The SMILES string of the molecule is O=C1OC2(CCNCC2)C(=O)N1Cc1ccc(F)cc1. The van der Waals surface area contributed by atoms with Crippen LogP contribution in [0.25, 0.3) is 0 Å². The molecule has 2 heterocycles. The second kappa shape index (κ2) is 4.86. The molecule has 1 aromatic rings. The molecule has 0 atom stereocenters. The number of benzene rings is 1. The highest BCUT2D eigenvalue weighted by Gasteiger charge is 2.53. The third kappa shape index (κ3) is 2.16. The van der Waals surface area contributed by atoms with Gasteiger partial charge < -0.3 is 10.1 Å². The summed E-state index contributed by atoms with van der Waals surface area (Å²) in [5.41, 5.74) is -0.301. The Bertz CT molecular complexity index is 538. The first-order valence-electron chi connectivity index (χ1n) is 6.61. The van der Waals surface area contributed by atoms with E-state index in [0.29, 0.717) is 31.5 Å². The highest BCUT2D eigenvalue weighted by atomic mass is 19.1. The molecule has 0 radical (unpaired) electrons. The molecule has 5 nitrogen and oxygen atoms in total. The molecule has 0 unspecified atom stereocenters. The molecular weight excluding hydrogens is 263 g/mol. The van der Waals surface area contributed by atoms with Gasteiger partial charge in [-0.2, -0.15) is 0 Å². The first-order chi connectivity index (χ1) is 9.61. The Morgan fingerprint density at radius 2 is 1.85 bits per heavy atom. The Kier molecular flexibility index (Phi) is 3.17. The molecule has 20 heavy (non-hydrogen) atoms. The van der Waals surface area contributed by atoms with E-state index in [4.69, 9.17) is 4.74 Å². The number of halogens is 1. The van der Waals surface area contributed by atoms with Gasteiger partial charge in [0, 0.05) is 12.8 Å². The van der Waals surface area contributed by atoms with Gasteiger partial charge in [-0.3, -0.25) is 4.79 Å². The molecular formula is C14H15FN2O3. The number of nitrogens with one attached hydrogen (secondary N) is 1. The van der Waals surface area contributed by atoms with Gasteiger partial charge in [0.05, 0.1) is 6.54 Å². The van der Waals surface area contributed by atoms with Crippen molar-refractivity contribution in [2.24, 2.45) is 0 Å². The van der Waals surface area contributed by atoms with Crippen molar-refractivity contribution in [2.45, 2.75) is 25.0 Å². The summed E-state index contributed by atoms with van der Waals surface area (Å²) in [6, 6.07) is 5.73. The predicted molar refractivity (Wildman–Crippen MR) is 68.3 cm³/mol. The molecule has 106 valence electrons. The maximum Gasteiger partial charge on any atom is 0.418 e. The average molecular weight is 278 g/mol.